The van der Waals surface area contributed by atoms with Crippen molar-refractivity contribution >= 4 is 11.8 Å². The lowest BCUT2D eigenvalue weighted by atomic mass is 10.3. The molecule has 15 heavy (non-hydrogen) atoms. The predicted molar refractivity (Wildman–Crippen MR) is 62.6 cm³/mol. The van der Waals surface area contributed by atoms with E-state index in [2.05, 4.69) is 10.6 Å². The number of hydrogen-bond acceptors (Lipinski definition) is 2. The molecule has 4 nitrogen and oxygen atoms in total. The van der Waals surface area contributed by atoms with Crippen LogP contribution in [0.25, 0.3) is 0 Å². The Balaban J connectivity index is 0. The average molecular weight is 216 g/mol. The van der Waals surface area contributed by atoms with E-state index < -0.39 is 0 Å². The van der Waals surface area contributed by atoms with E-state index in [-0.39, 0.29) is 11.8 Å². The summed E-state index contributed by atoms with van der Waals surface area (Å²) < 4.78 is 0. The van der Waals surface area contributed by atoms with Crippen molar-refractivity contribution in [1.29, 1.82) is 0 Å². The molecule has 0 rings (SSSR count). The Labute approximate surface area is 92.8 Å². The molecule has 2 amide bonds. The first kappa shape index (κ1) is 16.4. The Bertz CT molecular complexity index is 162. The molecule has 0 bridgehead atoms. The van der Waals surface area contributed by atoms with Gasteiger partial charge in [-0.15, -0.1) is 0 Å². The summed E-state index contributed by atoms with van der Waals surface area (Å²) in [5.41, 5.74) is 0. The van der Waals surface area contributed by atoms with Gasteiger partial charge in [0.2, 0.25) is 11.8 Å². The molecular formula is C11H24N2O2. The smallest absolute Gasteiger partial charge is 0.219 e. The van der Waals surface area contributed by atoms with Gasteiger partial charge in [-0.2, -0.15) is 0 Å². The van der Waals surface area contributed by atoms with Crippen LogP contribution in [0.4, 0.5) is 0 Å². The molecule has 4 heteroatoms. The van der Waals surface area contributed by atoms with Gasteiger partial charge in [-0.3, -0.25) is 9.59 Å². The lowest BCUT2D eigenvalue weighted by molar-refractivity contribution is -0.121. The highest BCUT2D eigenvalue weighted by atomic mass is 16.2. The van der Waals surface area contributed by atoms with Crippen LogP contribution >= 0.6 is 0 Å². The van der Waals surface area contributed by atoms with Gasteiger partial charge < -0.3 is 10.6 Å². The van der Waals surface area contributed by atoms with Crippen LogP contribution in [0, 0.1) is 0 Å². The quantitative estimate of drug-likeness (QED) is 0.731. The second-order valence-corrected chi connectivity index (χ2v) is 3.13. The minimum Gasteiger partial charge on any atom is -0.359 e. The Morgan fingerprint density at radius 2 is 1.40 bits per heavy atom. The molecule has 0 atom stereocenters. The summed E-state index contributed by atoms with van der Waals surface area (Å²) in [5, 5.41) is 5.23. The fourth-order valence-corrected chi connectivity index (χ4v) is 0.865. The average Bonchev–Trinajstić information content (AvgIpc) is 2.20. The maximum atomic E-state index is 10.5. The third-order valence-corrected chi connectivity index (χ3v) is 1.61. The largest absolute Gasteiger partial charge is 0.359 e. The molecule has 0 aromatic rings. The van der Waals surface area contributed by atoms with Crippen molar-refractivity contribution in [3.8, 4) is 0 Å². The number of amides is 2. The zero-order valence-corrected chi connectivity index (χ0v) is 10.4. The molecular weight excluding hydrogens is 192 g/mol. The van der Waals surface area contributed by atoms with Gasteiger partial charge in [0.25, 0.3) is 0 Å². The van der Waals surface area contributed by atoms with E-state index >= 15 is 0 Å². The van der Waals surface area contributed by atoms with E-state index in [1.807, 2.05) is 20.8 Å². The van der Waals surface area contributed by atoms with Crippen LogP contribution in [0.5, 0.6) is 0 Å². The third-order valence-electron chi connectivity index (χ3n) is 1.61. The zero-order chi connectivity index (χ0) is 12.1. The molecule has 0 saturated heterocycles. The van der Waals surface area contributed by atoms with E-state index in [1.165, 1.54) is 0 Å². The molecule has 90 valence electrons. The monoisotopic (exact) mass is 216 g/mol. The van der Waals surface area contributed by atoms with Crippen molar-refractivity contribution in [2.45, 2.75) is 46.5 Å². The molecule has 2 N–H and O–H groups in total. The molecule has 0 aliphatic carbocycles. The van der Waals surface area contributed by atoms with Gasteiger partial charge in [-0.1, -0.05) is 13.8 Å². The summed E-state index contributed by atoms with van der Waals surface area (Å²) >= 11 is 0. The van der Waals surface area contributed by atoms with Crippen molar-refractivity contribution in [3.63, 3.8) is 0 Å². The molecule has 0 aromatic heterocycles. The van der Waals surface area contributed by atoms with Gasteiger partial charge >= 0.3 is 0 Å². The molecule has 0 heterocycles. The molecule has 0 aliphatic rings. The van der Waals surface area contributed by atoms with Crippen LogP contribution in [-0.4, -0.2) is 25.4 Å². The van der Waals surface area contributed by atoms with Crippen LogP contribution in [-0.2, 0) is 9.59 Å². The van der Waals surface area contributed by atoms with Gasteiger partial charge in [0.05, 0.1) is 0 Å². The number of carbonyl (C=O) groups is 2. The number of hydrogen-bond donors (Lipinski definition) is 2. The molecule has 0 spiro atoms. The van der Waals surface area contributed by atoms with E-state index in [4.69, 9.17) is 0 Å². The summed E-state index contributed by atoms with van der Waals surface area (Å²) in [4.78, 5) is 20.8. The fraction of sp³-hybridized carbons (Fsp3) is 0.818. The predicted octanol–water partition coefficient (Wildman–Crippen LogP) is 1.46. The second-order valence-electron chi connectivity index (χ2n) is 3.13. The van der Waals surface area contributed by atoms with Gasteiger partial charge in [-0.05, 0) is 19.8 Å². The Morgan fingerprint density at radius 1 is 0.933 bits per heavy atom. The summed E-state index contributed by atoms with van der Waals surface area (Å²) in [6.45, 7) is 6.65. The van der Waals surface area contributed by atoms with Crippen LogP contribution < -0.4 is 10.6 Å². The Hall–Kier alpha value is -1.06. The summed E-state index contributed by atoms with van der Waals surface area (Å²) in [6, 6.07) is 0. The van der Waals surface area contributed by atoms with Crippen LogP contribution in [0.2, 0.25) is 0 Å². The minimum absolute atomic E-state index is 0.127. The van der Waals surface area contributed by atoms with Crippen LogP contribution in [0.1, 0.15) is 46.5 Å². The van der Waals surface area contributed by atoms with E-state index in [0.717, 1.165) is 19.4 Å². The molecule has 0 unspecified atom stereocenters. The third kappa shape index (κ3) is 15.7. The van der Waals surface area contributed by atoms with Gasteiger partial charge in [-0.25, -0.2) is 0 Å². The molecule has 0 aromatic carbocycles. The SMILES string of the molecule is CCCC(=O)NC.CCCC(=O)NCC. The lowest BCUT2D eigenvalue weighted by Crippen LogP contribution is -2.21. The molecule has 0 fully saturated rings. The minimum atomic E-state index is 0.127. The number of rotatable bonds is 5. The Morgan fingerprint density at radius 3 is 1.67 bits per heavy atom. The standard InChI is InChI=1S/C6H13NO.C5H11NO/c1-3-5-6(8)7-4-2;1-3-4-5(7)6-2/h3-5H2,1-2H3,(H,7,8);3-4H2,1-2H3,(H,6,7). The molecule has 0 saturated carbocycles. The van der Waals surface area contributed by atoms with Crippen molar-refractivity contribution < 1.29 is 9.59 Å². The second kappa shape index (κ2) is 12.9. The highest BCUT2D eigenvalue weighted by Gasteiger charge is 1.92. The molecule has 0 radical (unpaired) electrons. The first-order chi connectivity index (χ1) is 7.12. The maximum Gasteiger partial charge on any atom is 0.219 e. The van der Waals surface area contributed by atoms with Gasteiger partial charge in [0.15, 0.2) is 0 Å². The highest BCUT2D eigenvalue weighted by Crippen LogP contribution is 1.83. The van der Waals surface area contributed by atoms with Crippen LogP contribution in [0.15, 0.2) is 0 Å². The summed E-state index contributed by atoms with van der Waals surface area (Å²) in [6.07, 6.45) is 3.18. The normalized spacial score (nSPS) is 8.53. The van der Waals surface area contributed by atoms with Gasteiger partial charge in [0, 0.05) is 26.4 Å². The summed E-state index contributed by atoms with van der Waals surface area (Å²) in [7, 11) is 1.65. The maximum absolute atomic E-state index is 10.5. The van der Waals surface area contributed by atoms with E-state index in [1.54, 1.807) is 7.05 Å². The number of carbonyl (C=O) groups excluding carboxylic acids is 2. The highest BCUT2D eigenvalue weighted by molar-refractivity contribution is 5.75. The van der Waals surface area contributed by atoms with Crippen molar-refractivity contribution in [2.75, 3.05) is 13.6 Å². The van der Waals surface area contributed by atoms with Gasteiger partial charge in [0.1, 0.15) is 0 Å². The first-order valence-electron chi connectivity index (χ1n) is 5.59. The lowest BCUT2D eigenvalue weighted by Gasteiger charge is -1.96. The molecule has 0 aliphatic heterocycles. The van der Waals surface area contributed by atoms with E-state index in [0.29, 0.717) is 12.8 Å². The first-order valence-corrected chi connectivity index (χ1v) is 5.59. The summed E-state index contributed by atoms with van der Waals surface area (Å²) in [5.74, 6) is 0.289. The van der Waals surface area contributed by atoms with Crippen molar-refractivity contribution in [1.82, 2.24) is 10.6 Å². The topological polar surface area (TPSA) is 58.2 Å². The van der Waals surface area contributed by atoms with Crippen molar-refractivity contribution in [3.05, 3.63) is 0 Å². The van der Waals surface area contributed by atoms with Crippen molar-refractivity contribution in [2.24, 2.45) is 0 Å². The zero-order valence-electron chi connectivity index (χ0n) is 10.4. The van der Waals surface area contributed by atoms with E-state index in [9.17, 15) is 9.59 Å². The fourth-order valence-electron chi connectivity index (χ4n) is 0.865. The Kier molecular flexibility index (Phi) is 14.1. The van der Waals surface area contributed by atoms with Crippen LogP contribution in [0.3, 0.4) is 0 Å². The number of nitrogens with one attached hydrogen (secondary N) is 2.